The van der Waals surface area contributed by atoms with Gasteiger partial charge in [0.25, 0.3) is 10.0 Å². The molecule has 7 heteroatoms. The maximum atomic E-state index is 12.7. The lowest BCUT2D eigenvalue weighted by Crippen LogP contribution is -2.33. The Balaban J connectivity index is 1.56. The molecule has 1 fully saturated rings. The van der Waals surface area contributed by atoms with Gasteiger partial charge in [-0.1, -0.05) is 36.6 Å². The highest BCUT2D eigenvalue weighted by Gasteiger charge is 2.32. The molecule has 0 saturated heterocycles. The summed E-state index contributed by atoms with van der Waals surface area (Å²) in [5.74, 6) is 0.338. The lowest BCUT2D eigenvalue weighted by atomic mass is 10.1. The number of fused-ring (bicyclic) bond motifs is 1. The topological polar surface area (TPSA) is 66.5 Å². The first-order valence-electron chi connectivity index (χ1n) is 9.17. The van der Waals surface area contributed by atoms with Crippen molar-refractivity contribution in [3.63, 3.8) is 0 Å². The fourth-order valence-corrected chi connectivity index (χ4v) is 5.53. The van der Waals surface area contributed by atoms with Crippen molar-refractivity contribution in [2.24, 2.45) is 5.92 Å². The average Bonchev–Trinajstić information content (AvgIpc) is 3.31. The summed E-state index contributed by atoms with van der Waals surface area (Å²) >= 11 is 6.02. The Labute approximate surface area is 164 Å². The Bertz CT molecular complexity index is 984. The van der Waals surface area contributed by atoms with Crippen molar-refractivity contribution in [1.82, 2.24) is 0 Å². The molecule has 27 heavy (non-hydrogen) atoms. The number of hydrogen-bond donors (Lipinski definition) is 1. The summed E-state index contributed by atoms with van der Waals surface area (Å²) in [5, 5.41) is 0.180. The van der Waals surface area contributed by atoms with E-state index < -0.39 is 10.0 Å². The van der Waals surface area contributed by atoms with Crippen molar-refractivity contribution in [1.29, 1.82) is 0 Å². The van der Waals surface area contributed by atoms with Crippen LogP contribution in [0, 0.1) is 5.92 Å². The van der Waals surface area contributed by atoms with Gasteiger partial charge in [-0.3, -0.25) is 9.52 Å². The van der Waals surface area contributed by atoms with Gasteiger partial charge in [-0.05, 0) is 55.2 Å². The second-order valence-corrected chi connectivity index (χ2v) is 9.16. The van der Waals surface area contributed by atoms with Crippen LogP contribution in [0.4, 0.5) is 11.4 Å². The number of amides is 1. The Morgan fingerprint density at radius 3 is 2.59 bits per heavy atom. The minimum Gasteiger partial charge on any atom is -0.312 e. The van der Waals surface area contributed by atoms with Gasteiger partial charge < -0.3 is 4.90 Å². The highest BCUT2D eigenvalue weighted by Crippen LogP contribution is 2.35. The van der Waals surface area contributed by atoms with E-state index in [2.05, 4.69) is 4.72 Å². The van der Waals surface area contributed by atoms with Crippen molar-refractivity contribution in [2.45, 2.75) is 37.0 Å². The molecule has 1 heterocycles. The number of nitrogens with zero attached hydrogens (tertiary/aromatic N) is 1. The summed E-state index contributed by atoms with van der Waals surface area (Å²) in [6.07, 6.45) is 4.93. The van der Waals surface area contributed by atoms with Crippen molar-refractivity contribution in [2.75, 3.05) is 16.2 Å². The maximum Gasteiger partial charge on any atom is 0.263 e. The monoisotopic (exact) mass is 404 g/mol. The summed E-state index contributed by atoms with van der Waals surface area (Å²) in [5.41, 5.74) is 2.36. The molecule has 1 aliphatic carbocycles. The van der Waals surface area contributed by atoms with Crippen molar-refractivity contribution in [3.05, 3.63) is 53.1 Å². The molecule has 4 rings (SSSR count). The summed E-state index contributed by atoms with van der Waals surface area (Å²) in [6.45, 7) is 0.658. The molecule has 5 nitrogen and oxygen atoms in total. The minimum atomic E-state index is -3.77. The van der Waals surface area contributed by atoms with Crippen LogP contribution in [0.25, 0.3) is 0 Å². The van der Waals surface area contributed by atoms with Gasteiger partial charge >= 0.3 is 0 Å². The maximum absolute atomic E-state index is 12.7. The zero-order valence-electron chi connectivity index (χ0n) is 14.8. The number of anilines is 2. The molecule has 0 radical (unpaired) electrons. The number of halogens is 1. The standard InChI is InChI=1S/C20H21ClN2O3S/c21-17-7-3-4-8-19(17)27(25,26)22-16-9-10-18-15(13-16)11-12-23(18)20(24)14-5-1-2-6-14/h3-4,7-10,13-14,22H,1-2,5-6,11-12H2. The van der Waals surface area contributed by atoms with E-state index in [-0.39, 0.29) is 21.7 Å². The fourth-order valence-electron chi connectivity index (χ4n) is 3.96. The fraction of sp³-hybridized carbons (Fsp3) is 0.350. The zero-order valence-corrected chi connectivity index (χ0v) is 16.4. The first-order valence-corrected chi connectivity index (χ1v) is 11.0. The molecule has 2 aliphatic rings. The SMILES string of the molecule is O=C(C1CCCC1)N1CCc2cc(NS(=O)(=O)c3ccccc3Cl)ccc21. The molecule has 2 aromatic carbocycles. The van der Waals surface area contributed by atoms with Crippen LogP contribution >= 0.6 is 11.6 Å². The number of hydrogen-bond acceptors (Lipinski definition) is 3. The highest BCUT2D eigenvalue weighted by atomic mass is 35.5. The van der Waals surface area contributed by atoms with Crippen molar-refractivity contribution < 1.29 is 13.2 Å². The molecule has 0 spiro atoms. The van der Waals surface area contributed by atoms with Gasteiger partial charge in [0.15, 0.2) is 0 Å². The minimum absolute atomic E-state index is 0.0465. The quantitative estimate of drug-likeness (QED) is 0.829. The van der Waals surface area contributed by atoms with Crippen LogP contribution in [0.1, 0.15) is 31.2 Å². The van der Waals surface area contributed by atoms with Crippen molar-refractivity contribution >= 4 is 38.9 Å². The molecule has 0 atom stereocenters. The lowest BCUT2D eigenvalue weighted by molar-refractivity contribution is -0.122. The number of rotatable bonds is 4. The molecular formula is C20H21ClN2O3S. The van der Waals surface area contributed by atoms with E-state index in [1.165, 1.54) is 6.07 Å². The Kier molecular flexibility index (Phi) is 4.86. The molecule has 0 unspecified atom stereocenters. The van der Waals surface area contributed by atoms with Crippen LogP contribution < -0.4 is 9.62 Å². The van der Waals surface area contributed by atoms with Gasteiger partial charge in [0.05, 0.1) is 5.02 Å². The number of carbonyl (C=O) groups excluding carboxylic acids is 1. The summed E-state index contributed by atoms with van der Waals surface area (Å²) in [7, 11) is -3.77. The second kappa shape index (κ2) is 7.17. The largest absolute Gasteiger partial charge is 0.312 e. The smallest absolute Gasteiger partial charge is 0.263 e. The predicted molar refractivity (Wildman–Crippen MR) is 107 cm³/mol. The Morgan fingerprint density at radius 1 is 1.11 bits per heavy atom. The molecule has 0 bridgehead atoms. The summed E-state index contributed by atoms with van der Waals surface area (Å²) < 4.78 is 27.8. The molecule has 0 aromatic heterocycles. The van der Waals surface area contributed by atoms with Gasteiger partial charge in [0.2, 0.25) is 5.91 Å². The molecule has 142 valence electrons. The van der Waals surface area contributed by atoms with Crippen LogP contribution in [-0.4, -0.2) is 20.9 Å². The van der Waals surface area contributed by atoms with Crippen molar-refractivity contribution in [3.8, 4) is 0 Å². The number of benzene rings is 2. The number of carbonyl (C=O) groups is 1. The molecule has 2 aromatic rings. The molecule has 1 N–H and O–H groups in total. The molecule has 1 amide bonds. The zero-order chi connectivity index (χ0) is 19.0. The van der Waals surface area contributed by atoms with Crippen LogP contribution in [0.3, 0.4) is 0 Å². The number of nitrogens with one attached hydrogen (secondary N) is 1. The van der Waals surface area contributed by atoms with E-state index in [1.807, 2.05) is 17.0 Å². The third kappa shape index (κ3) is 3.56. The third-order valence-electron chi connectivity index (χ3n) is 5.32. The van der Waals surface area contributed by atoms with Gasteiger partial charge in [-0.25, -0.2) is 8.42 Å². The van der Waals surface area contributed by atoms with E-state index in [4.69, 9.17) is 11.6 Å². The van der Waals surface area contributed by atoms with E-state index in [9.17, 15) is 13.2 Å². The average molecular weight is 405 g/mol. The molecular weight excluding hydrogens is 384 g/mol. The lowest BCUT2D eigenvalue weighted by Gasteiger charge is -2.21. The van der Waals surface area contributed by atoms with Gasteiger partial charge in [0.1, 0.15) is 4.90 Å². The van der Waals surface area contributed by atoms with Gasteiger partial charge in [0, 0.05) is 23.8 Å². The number of sulfonamides is 1. The molecule has 1 aliphatic heterocycles. The van der Waals surface area contributed by atoms with Crippen LogP contribution in [0.5, 0.6) is 0 Å². The Hall–Kier alpha value is -2.05. The molecule has 1 saturated carbocycles. The summed E-state index contributed by atoms with van der Waals surface area (Å²) in [6, 6.07) is 11.7. The normalized spacial score (nSPS) is 17.1. The van der Waals surface area contributed by atoms with E-state index in [0.717, 1.165) is 43.4 Å². The van der Waals surface area contributed by atoms with E-state index >= 15 is 0 Å². The first kappa shape index (κ1) is 18.3. The van der Waals surface area contributed by atoms with E-state index in [0.29, 0.717) is 12.2 Å². The van der Waals surface area contributed by atoms with Gasteiger partial charge in [-0.2, -0.15) is 0 Å². The first-order chi connectivity index (χ1) is 13.0. The van der Waals surface area contributed by atoms with Crippen LogP contribution in [0.15, 0.2) is 47.4 Å². The van der Waals surface area contributed by atoms with Crippen LogP contribution in [0.2, 0.25) is 5.02 Å². The highest BCUT2D eigenvalue weighted by molar-refractivity contribution is 7.92. The Morgan fingerprint density at radius 2 is 1.85 bits per heavy atom. The predicted octanol–water partition coefficient (Wildman–Crippen LogP) is 4.22. The summed E-state index contributed by atoms with van der Waals surface area (Å²) in [4.78, 5) is 14.7. The second-order valence-electron chi connectivity index (χ2n) is 7.10. The third-order valence-corrected chi connectivity index (χ3v) is 7.20. The van der Waals surface area contributed by atoms with E-state index in [1.54, 1.807) is 24.3 Å². The van der Waals surface area contributed by atoms with Crippen LogP contribution in [-0.2, 0) is 21.2 Å². The van der Waals surface area contributed by atoms with Gasteiger partial charge in [-0.15, -0.1) is 0 Å².